The molecule has 0 bridgehead atoms. The summed E-state index contributed by atoms with van der Waals surface area (Å²) in [5.41, 5.74) is -0.425. The fourth-order valence-corrected chi connectivity index (χ4v) is 2.34. The Hall–Kier alpha value is -1.82. The van der Waals surface area contributed by atoms with Crippen LogP contribution in [-0.2, 0) is 6.18 Å². The molecule has 0 N–H and O–H groups in total. The van der Waals surface area contributed by atoms with Crippen LogP contribution < -0.4 is 0 Å². The number of nitroso groups, excluding NO2 is 1. The molecule has 0 aromatic heterocycles. The third-order valence-electron chi connectivity index (χ3n) is 2.37. The first kappa shape index (κ1) is 13.6. The van der Waals surface area contributed by atoms with E-state index in [2.05, 4.69) is 5.18 Å². The minimum atomic E-state index is -4.34. The van der Waals surface area contributed by atoms with E-state index in [-0.39, 0.29) is 5.69 Å². The highest BCUT2D eigenvalue weighted by Gasteiger charge is 2.29. The highest BCUT2D eigenvalue weighted by Crippen LogP contribution is 2.36. The van der Waals surface area contributed by atoms with E-state index in [9.17, 15) is 18.1 Å². The van der Waals surface area contributed by atoms with E-state index in [0.29, 0.717) is 9.79 Å². The van der Waals surface area contributed by atoms with Gasteiger partial charge in [0.2, 0.25) is 0 Å². The molecule has 0 fully saturated rings. The van der Waals surface area contributed by atoms with Gasteiger partial charge < -0.3 is 0 Å². The van der Waals surface area contributed by atoms with Gasteiger partial charge in [-0.3, -0.25) is 0 Å². The van der Waals surface area contributed by atoms with Gasteiger partial charge in [0.05, 0.1) is 5.56 Å². The Kier molecular flexibility index (Phi) is 3.90. The van der Waals surface area contributed by atoms with Crippen LogP contribution in [0.1, 0.15) is 5.56 Å². The van der Waals surface area contributed by atoms with Gasteiger partial charge in [-0.15, -0.1) is 4.91 Å². The monoisotopic (exact) mass is 283 g/mol. The molecular formula is C13H8F3NOS. The maximum absolute atomic E-state index is 12.4. The van der Waals surface area contributed by atoms with Gasteiger partial charge in [-0.1, -0.05) is 23.9 Å². The van der Waals surface area contributed by atoms with Gasteiger partial charge in [0.1, 0.15) is 5.69 Å². The summed E-state index contributed by atoms with van der Waals surface area (Å²) >= 11 is 1.20. The molecule has 2 aromatic rings. The predicted molar refractivity (Wildman–Crippen MR) is 67.5 cm³/mol. The minimum absolute atomic E-state index is 0.271. The van der Waals surface area contributed by atoms with Crippen molar-refractivity contribution in [2.45, 2.75) is 16.0 Å². The van der Waals surface area contributed by atoms with Crippen molar-refractivity contribution in [3.63, 3.8) is 0 Å². The zero-order chi connectivity index (χ0) is 13.9. The van der Waals surface area contributed by atoms with Crippen LogP contribution in [0.3, 0.4) is 0 Å². The Labute approximate surface area is 111 Å². The highest BCUT2D eigenvalue weighted by atomic mass is 32.2. The van der Waals surface area contributed by atoms with E-state index in [4.69, 9.17) is 0 Å². The second-order valence-electron chi connectivity index (χ2n) is 3.68. The van der Waals surface area contributed by atoms with Crippen LogP contribution in [0.5, 0.6) is 0 Å². The van der Waals surface area contributed by atoms with Crippen LogP contribution in [0.2, 0.25) is 0 Å². The molecule has 0 aliphatic heterocycles. The Morgan fingerprint density at radius 3 is 2.16 bits per heavy atom. The van der Waals surface area contributed by atoms with Gasteiger partial charge in [-0.25, -0.2) is 0 Å². The molecule has 0 spiro atoms. The molecule has 0 aliphatic carbocycles. The zero-order valence-electron chi connectivity index (χ0n) is 9.52. The van der Waals surface area contributed by atoms with Crippen molar-refractivity contribution in [2.24, 2.45) is 5.18 Å². The van der Waals surface area contributed by atoms with Gasteiger partial charge in [0.15, 0.2) is 0 Å². The lowest BCUT2D eigenvalue weighted by molar-refractivity contribution is -0.137. The van der Waals surface area contributed by atoms with E-state index < -0.39 is 11.7 Å². The van der Waals surface area contributed by atoms with Crippen molar-refractivity contribution >= 4 is 17.4 Å². The lowest BCUT2D eigenvalue weighted by Crippen LogP contribution is -2.03. The van der Waals surface area contributed by atoms with Crippen LogP contribution >= 0.6 is 11.8 Å². The number of nitrogens with zero attached hydrogens (tertiary/aromatic N) is 1. The zero-order valence-corrected chi connectivity index (χ0v) is 10.3. The average molecular weight is 283 g/mol. The molecule has 0 atom stereocenters. The standard InChI is InChI=1S/C13H8F3NOS/c14-13(15,16)9-5-7-10(8-6-9)19-12-4-2-1-3-11(12)17-18/h1-8H. The van der Waals surface area contributed by atoms with E-state index in [1.807, 2.05) is 0 Å². The number of hydrogen-bond acceptors (Lipinski definition) is 3. The van der Waals surface area contributed by atoms with Gasteiger partial charge in [0.25, 0.3) is 0 Å². The number of hydrogen-bond donors (Lipinski definition) is 0. The summed E-state index contributed by atoms with van der Waals surface area (Å²) in [6.45, 7) is 0. The van der Waals surface area contributed by atoms with E-state index in [0.717, 1.165) is 12.1 Å². The second kappa shape index (κ2) is 5.44. The van der Waals surface area contributed by atoms with Crippen molar-refractivity contribution in [1.29, 1.82) is 0 Å². The predicted octanol–water partition coefficient (Wildman–Crippen LogP) is 5.25. The molecule has 0 amide bonds. The summed E-state index contributed by atoms with van der Waals surface area (Å²) in [6, 6.07) is 11.4. The van der Waals surface area contributed by atoms with Gasteiger partial charge in [0, 0.05) is 9.79 Å². The molecule has 98 valence electrons. The van der Waals surface area contributed by atoms with Crippen molar-refractivity contribution in [3.8, 4) is 0 Å². The van der Waals surface area contributed by atoms with Crippen molar-refractivity contribution in [1.82, 2.24) is 0 Å². The first-order valence-corrected chi connectivity index (χ1v) is 6.10. The lowest BCUT2D eigenvalue weighted by atomic mass is 10.2. The molecule has 2 aromatic carbocycles. The van der Waals surface area contributed by atoms with Crippen LogP contribution in [-0.4, -0.2) is 0 Å². The first-order chi connectivity index (χ1) is 9.00. The smallest absolute Gasteiger partial charge is 0.166 e. The third kappa shape index (κ3) is 3.35. The van der Waals surface area contributed by atoms with E-state index in [1.165, 1.54) is 23.9 Å². The molecule has 0 aliphatic rings. The van der Waals surface area contributed by atoms with Gasteiger partial charge in [-0.2, -0.15) is 13.2 Å². The molecular weight excluding hydrogens is 275 g/mol. The van der Waals surface area contributed by atoms with Crippen molar-refractivity contribution < 1.29 is 13.2 Å². The molecule has 0 unspecified atom stereocenters. The summed E-state index contributed by atoms with van der Waals surface area (Å²) in [5, 5.41) is 2.87. The fourth-order valence-electron chi connectivity index (χ4n) is 1.46. The van der Waals surface area contributed by atoms with Crippen LogP contribution in [0.15, 0.2) is 63.5 Å². The summed E-state index contributed by atoms with van der Waals surface area (Å²) in [7, 11) is 0. The molecule has 19 heavy (non-hydrogen) atoms. The Balaban J connectivity index is 2.22. The Morgan fingerprint density at radius 1 is 0.947 bits per heavy atom. The minimum Gasteiger partial charge on any atom is -0.166 e. The van der Waals surface area contributed by atoms with Crippen molar-refractivity contribution in [2.75, 3.05) is 0 Å². The Morgan fingerprint density at radius 2 is 1.58 bits per heavy atom. The van der Waals surface area contributed by atoms with Gasteiger partial charge in [-0.05, 0) is 41.6 Å². The van der Waals surface area contributed by atoms with Crippen LogP contribution in [0.25, 0.3) is 0 Å². The van der Waals surface area contributed by atoms with Crippen LogP contribution in [0, 0.1) is 4.91 Å². The number of halogens is 3. The van der Waals surface area contributed by atoms with E-state index in [1.54, 1.807) is 24.3 Å². The van der Waals surface area contributed by atoms with Gasteiger partial charge >= 0.3 is 6.18 Å². The molecule has 0 saturated heterocycles. The first-order valence-electron chi connectivity index (χ1n) is 5.28. The molecule has 2 nitrogen and oxygen atoms in total. The quantitative estimate of drug-likeness (QED) is 0.719. The highest BCUT2D eigenvalue weighted by molar-refractivity contribution is 7.99. The largest absolute Gasteiger partial charge is 0.416 e. The number of benzene rings is 2. The summed E-state index contributed by atoms with van der Waals surface area (Å²) in [4.78, 5) is 11.8. The molecule has 2 rings (SSSR count). The molecule has 6 heteroatoms. The normalized spacial score (nSPS) is 11.3. The van der Waals surface area contributed by atoms with Crippen molar-refractivity contribution in [3.05, 3.63) is 59.0 Å². The molecule has 0 heterocycles. The SMILES string of the molecule is O=Nc1ccccc1Sc1ccc(C(F)(F)F)cc1. The fraction of sp³-hybridized carbons (Fsp3) is 0.0769. The molecule has 0 saturated carbocycles. The maximum Gasteiger partial charge on any atom is 0.416 e. The van der Waals surface area contributed by atoms with E-state index >= 15 is 0 Å². The van der Waals surface area contributed by atoms with Crippen LogP contribution in [0.4, 0.5) is 18.9 Å². The summed E-state index contributed by atoms with van der Waals surface area (Å²) < 4.78 is 37.2. The number of rotatable bonds is 3. The third-order valence-corrected chi connectivity index (χ3v) is 3.45. The Bertz CT molecular complexity index is 581. The topological polar surface area (TPSA) is 29.4 Å². The lowest BCUT2D eigenvalue weighted by Gasteiger charge is -2.07. The summed E-state index contributed by atoms with van der Waals surface area (Å²) in [6.07, 6.45) is -4.34. The molecule has 0 radical (unpaired) electrons. The second-order valence-corrected chi connectivity index (χ2v) is 4.80. The average Bonchev–Trinajstić information content (AvgIpc) is 2.39. The summed E-state index contributed by atoms with van der Waals surface area (Å²) in [5.74, 6) is 0. The number of alkyl halides is 3. The maximum atomic E-state index is 12.4.